The summed E-state index contributed by atoms with van der Waals surface area (Å²) in [6.07, 6.45) is 0. The molecule has 0 bridgehead atoms. The maximum Gasteiger partial charge on any atom is 0.329 e. The van der Waals surface area contributed by atoms with E-state index in [-0.39, 0.29) is 11.6 Å². The molecule has 4 rings (SSSR count). The molecule has 0 saturated heterocycles. The summed E-state index contributed by atoms with van der Waals surface area (Å²) in [7, 11) is 1.60. The quantitative estimate of drug-likeness (QED) is 0.160. The Labute approximate surface area is 234 Å². The highest BCUT2D eigenvalue weighted by Crippen LogP contribution is 2.36. The van der Waals surface area contributed by atoms with Gasteiger partial charge in [0, 0.05) is 27.8 Å². The summed E-state index contributed by atoms with van der Waals surface area (Å²) < 4.78 is 12.8. The fraction of sp³-hybridized carbons (Fsp3) is 0.241. The van der Waals surface area contributed by atoms with Crippen molar-refractivity contribution in [3.05, 3.63) is 98.0 Å². The number of nitrogens with zero attached hydrogens (tertiary/aromatic N) is 1. The van der Waals surface area contributed by atoms with Crippen molar-refractivity contribution in [2.24, 2.45) is 0 Å². The van der Waals surface area contributed by atoms with E-state index in [1.54, 1.807) is 31.4 Å². The molecule has 0 fully saturated rings. The number of amides is 1. The monoisotopic (exact) mass is 627 g/mol. The number of carbonyl (C=O) groups excluding carboxylic acids is 1. The molecule has 198 valence electrons. The van der Waals surface area contributed by atoms with Crippen LogP contribution in [-0.2, 0) is 9.53 Å². The summed E-state index contributed by atoms with van der Waals surface area (Å²) >= 11 is 2.22. The highest BCUT2D eigenvalue weighted by molar-refractivity contribution is 14.1. The number of rotatable bonds is 10. The summed E-state index contributed by atoms with van der Waals surface area (Å²) in [6, 6.07) is 21.1. The average molecular weight is 627 g/mol. The number of benzene rings is 3. The molecule has 0 aliphatic carbocycles. The largest absolute Gasteiger partial charge is 0.493 e. The van der Waals surface area contributed by atoms with Crippen LogP contribution in [0.5, 0.6) is 11.6 Å². The summed E-state index contributed by atoms with van der Waals surface area (Å²) in [5.41, 5.74) is 2.63. The summed E-state index contributed by atoms with van der Waals surface area (Å²) in [4.78, 5) is 29.8. The number of hydrogen-bond donors (Lipinski definition) is 3. The van der Waals surface area contributed by atoms with E-state index in [9.17, 15) is 14.7 Å². The Hall–Kier alpha value is -3.57. The Morgan fingerprint density at radius 1 is 1.08 bits per heavy atom. The van der Waals surface area contributed by atoms with E-state index < -0.39 is 23.6 Å². The van der Waals surface area contributed by atoms with E-state index in [0.29, 0.717) is 30.2 Å². The van der Waals surface area contributed by atoms with Gasteiger partial charge < -0.3 is 24.9 Å². The number of carbonyl (C=O) groups is 1. The molecule has 0 aliphatic rings. The van der Waals surface area contributed by atoms with Crippen LogP contribution < -0.4 is 15.7 Å². The van der Waals surface area contributed by atoms with Crippen molar-refractivity contribution >= 4 is 34.2 Å². The lowest BCUT2D eigenvalue weighted by molar-refractivity contribution is -0.120. The molecule has 2 atom stereocenters. The number of imidazole rings is 1. The predicted molar refractivity (Wildman–Crippen MR) is 156 cm³/mol. The smallest absolute Gasteiger partial charge is 0.329 e. The number of anilines is 1. The molecule has 38 heavy (non-hydrogen) atoms. The summed E-state index contributed by atoms with van der Waals surface area (Å²) in [5.74, 6) is -0.514. The maximum absolute atomic E-state index is 13.8. The lowest BCUT2D eigenvalue weighted by Crippen LogP contribution is -2.35. The Balaban J connectivity index is 1.72. The molecular formula is C29H30IN3O5. The lowest BCUT2D eigenvalue weighted by atomic mass is 9.92. The van der Waals surface area contributed by atoms with Crippen molar-refractivity contribution in [1.29, 1.82) is 0 Å². The summed E-state index contributed by atoms with van der Waals surface area (Å²) in [6.45, 7) is 4.64. The zero-order valence-corrected chi connectivity index (χ0v) is 23.6. The van der Waals surface area contributed by atoms with Crippen LogP contribution in [0.4, 0.5) is 5.69 Å². The molecule has 1 aromatic heterocycles. The van der Waals surface area contributed by atoms with Crippen LogP contribution in [0.15, 0.2) is 77.6 Å². The molecule has 0 unspecified atom stereocenters. The second-order valence-corrected chi connectivity index (χ2v) is 10.2. The predicted octanol–water partition coefficient (Wildman–Crippen LogP) is 5.47. The molecule has 9 heteroatoms. The molecule has 3 aromatic carbocycles. The second kappa shape index (κ2) is 12.3. The zero-order valence-electron chi connectivity index (χ0n) is 21.4. The highest BCUT2D eigenvalue weighted by Gasteiger charge is 2.33. The van der Waals surface area contributed by atoms with Gasteiger partial charge in [-0.25, -0.2) is 9.36 Å². The minimum Gasteiger partial charge on any atom is -0.493 e. The molecule has 0 radical (unpaired) electrons. The first-order chi connectivity index (χ1) is 18.3. The van der Waals surface area contributed by atoms with Crippen LogP contribution in [-0.4, -0.2) is 40.9 Å². The summed E-state index contributed by atoms with van der Waals surface area (Å²) in [5, 5.41) is 14.2. The third-order valence-electron chi connectivity index (χ3n) is 6.39. The Kier molecular flexibility index (Phi) is 8.90. The number of aromatic nitrogens is 2. The van der Waals surface area contributed by atoms with E-state index in [2.05, 4.69) is 32.9 Å². The van der Waals surface area contributed by atoms with Gasteiger partial charge in [-0.1, -0.05) is 37.3 Å². The average Bonchev–Trinajstić information content (AvgIpc) is 3.20. The van der Waals surface area contributed by atoms with Crippen LogP contribution >= 0.6 is 22.6 Å². The first-order valence-electron chi connectivity index (χ1n) is 12.2. The minimum atomic E-state index is -1.02. The van der Waals surface area contributed by atoms with Gasteiger partial charge in [-0.15, -0.1) is 0 Å². The van der Waals surface area contributed by atoms with Crippen molar-refractivity contribution in [3.63, 3.8) is 0 Å². The van der Waals surface area contributed by atoms with Gasteiger partial charge >= 0.3 is 5.69 Å². The van der Waals surface area contributed by atoms with Crippen LogP contribution in [0.3, 0.4) is 0 Å². The Bertz CT molecular complexity index is 1450. The van der Waals surface area contributed by atoms with E-state index in [4.69, 9.17) is 9.47 Å². The van der Waals surface area contributed by atoms with Gasteiger partial charge in [0.15, 0.2) is 0 Å². The number of H-pyrrole nitrogens is 1. The SMILES string of the molecule is COCCOc1ccc(-c2[nH]c(=O)n([C@H](C(=O)Nc3ccc(I)cc3C)[C@@H](C)c3ccccc3)c2O)cc1. The third-order valence-corrected chi connectivity index (χ3v) is 7.06. The molecule has 0 aliphatic heterocycles. The lowest BCUT2D eigenvalue weighted by Gasteiger charge is -2.25. The number of nitrogens with one attached hydrogen (secondary N) is 2. The molecule has 0 saturated carbocycles. The molecule has 4 aromatic rings. The fourth-order valence-electron chi connectivity index (χ4n) is 4.34. The van der Waals surface area contributed by atoms with Gasteiger partial charge in [0.25, 0.3) is 0 Å². The second-order valence-electron chi connectivity index (χ2n) is 8.96. The van der Waals surface area contributed by atoms with Crippen molar-refractivity contribution in [2.45, 2.75) is 25.8 Å². The maximum atomic E-state index is 13.8. The normalized spacial score (nSPS) is 12.6. The number of aromatic amines is 1. The Morgan fingerprint density at radius 3 is 2.45 bits per heavy atom. The molecule has 0 spiro atoms. The Morgan fingerprint density at radius 2 is 1.79 bits per heavy atom. The van der Waals surface area contributed by atoms with E-state index in [1.165, 1.54) is 0 Å². The van der Waals surface area contributed by atoms with Crippen LogP contribution in [0.25, 0.3) is 11.3 Å². The molecular weight excluding hydrogens is 597 g/mol. The van der Waals surface area contributed by atoms with Crippen molar-refractivity contribution < 1.29 is 19.4 Å². The van der Waals surface area contributed by atoms with Gasteiger partial charge in [0.05, 0.1) is 6.61 Å². The number of halogens is 1. The fourth-order valence-corrected chi connectivity index (χ4v) is 4.99. The number of aromatic hydroxyl groups is 1. The van der Waals surface area contributed by atoms with Crippen LogP contribution in [0, 0.1) is 10.5 Å². The molecule has 1 amide bonds. The van der Waals surface area contributed by atoms with Crippen LogP contribution in [0.1, 0.15) is 30.0 Å². The number of methoxy groups -OCH3 is 1. The first kappa shape index (κ1) is 27.5. The van der Waals surface area contributed by atoms with Gasteiger partial charge in [-0.05, 0) is 83.1 Å². The van der Waals surface area contributed by atoms with Gasteiger partial charge in [0.2, 0.25) is 11.8 Å². The standard InChI is InChI=1S/C29H30IN3O5/c1-18-17-22(30)11-14-24(18)31-27(34)26(19(2)20-7-5-4-6-8-20)33-28(35)25(32-29(33)36)21-9-12-23(13-10-21)38-16-15-37-3/h4-14,17,19,26,35H,15-16H2,1-3H3,(H,31,34)(H,32,36)/t19-,26-/m0/s1. The third kappa shape index (κ3) is 6.11. The highest BCUT2D eigenvalue weighted by atomic mass is 127. The zero-order chi connectivity index (χ0) is 27.2. The first-order valence-corrected chi connectivity index (χ1v) is 13.3. The van der Waals surface area contributed by atoms with Gasteiger partial charge in [-0.2, -0.15) is 0 Å². The van der Waals surface area contributed by atoms with E-state index in [1.807, 2.05) is 62.4 Å². The minimum absolute atomic E-state index is 0.224. The number of aryl methyl sites for hydroxylation is 1. The van der Waals surface area contributed by atoms with Gasteiger partial charge in [0.1, 0.15) is 24.1 Å². The molecule has 3 N–H and O–H groups in total. The molecule has 1 heterocycles. The van der Waals surface area contributed by atoms with Crippen molar-refractivity contribution in [2.75, 3.05) is 25.6 Å². The molecule has 8 nitrogen and oxygen atoms in total. The number of hydrogen-bond acceptors (Lipinski definition) is 5. The van der Waals surface area contributed by atoms with Crippen molar-refractivity contribution in [1.82, 2.24) is 9.55 Å². The van der Waals surface area contributed by atoms with Gasteiger partial charge in [-0.3, -0.25) is 4.79 Å². The van der Waals surface area contributed by atoms with Crippen LogP contribution in [0.2, 0.25) is 0 Å². The topological polar surface area (TPSA) is 106 Å². The van der Waals surface area contributed by atoms with E-state index in [0.717, 1.165) is 19.3 Å². The number of ether oxygens (including phenoxy) is 2. The van der Waals surface area contributed by atoms with Crippen molar-refractivity contribution in [3.8, 4) is 22.9 Å². The van der Waals surface area contributed by atoms with E-state index >= 15 is 0 Å².